The van der Waals surface area contributed by atoms with Gasteiger partial charge in [-0.25, -0.2) is 0 Å². The molecule has 1 amide bonds. The molecular formula is C14H18ClN3O2. The number of benzene rings is 1. The molecule has 5 nitrogen and oxygen atoms in total. The molecule has 0 bridgehead atoms. The van der Waals surface area contributed by atoms with Crippen molar-refractivity contribution in [1.29, 1.82) is 0 Å². The van der Waals surface area contributed by atoms with Gasteiger partial charge in [0.25, 0.3) is 0 Å². The van der Waals surface area contributed by atoms with Gasteiger partial charge in [0.1, 0.15) is 0 Å². The fourth-order valence-electron chi connectivity index (χ4n) is 1.77. The highest BCUT2D eigenvalue weighted by molar-refractivity contribution is 5.85. The maximum Gasteiger partial charge on any atom is 0.237 e. The fraction of sp³-hybridized carbons (Fsp3) is 0.286. The van der Waals surface area contributed by atoms with Crippen LogP contribution in [-0.2, 0) is 17.8 Å². The van der Waals surface area contributed by atoms with E-state index in [4.69, 9.17) is 10.3 Å². The summed E-state index contributed by atoms with van der Waals surface area (Å²) in [6.45, 7) is 2.14. The van der Waals surface area contributed by atoms with Gasteiger partial charge in [-0.05, 0) is 18.9 Å². The van der Waals surface area contributed by atoms with E-state index in [1.807, 2.05) is 37.3 Å². The van der Waals surface area contributed by atoms with Crippen molar-refractivity contribution in [3.8, 4) is 0 Å². The van der Waals surface area contributed by atoms with Crippen LogP contribution >= 0.6 is 12.4 Å². The van der Waals surface area contributed by atoms with Crippen molar-refractivity contribution in [2.24, 2.45) is 5.73 Å². The maximum absolute atomic E-state index is 11.8. The van der Waals surface area contributed by atoms with Gasteiger partial charge >= 0.3 is 0 Å². The van der Waals surface area contributed by atoms with E-state index in [1.54, 1.807) is 6.07 Å². The SMILES string of the molecule is Cc1cc(CNC(=O)C(N)Cc2ccccc2)on1.Cl. The van der Waals surface area contributed by atoms with Crippen LogP contribution in [0.1, 0.15) is 17.0 Å². The Hall–Kier alpha value is -1.85. The van der Waals surface area contributed by atoms with E-state index >= 15 is 0 Å². The number of hydrogen-bond acceptors (Lipinski definition) is 4. The normalized spacial score (nSPS) is 11.5. The lowest BCUT2D eigenvalue weighted by Crippen LogP contribution is -2.41. The highest BCUT2D eigenvalue weighted by Gasteiger charge is 2.14. The lowest BCUT2D eigenvalue weighted by Gasteiger charge is -2.11. The molecule has 0 spiro atoms. The van der Waals surface area contributed by atoms with E-state index in [2.05, 4.69) is 10.5 Å². The third-order valence-electron chi connectivity index (χ3n) is 2.75. The van der Waals surface area contributed by atoms with Gasteiger partial charge in [-0.2, -0.15) is 0 Å². The van der Waals surface area contributed by atoms with Gasteiger partial charge in [0.05, 0.1) is 18.3 Å². The zero-order chi connectivity index (χ0) is 13.7. The molecule has 0 aliphatic rings. The van der Waals surface area contributed by atoms with Crippen LogP contribution in [0.2, 0.25) is 0 Å². The molecule has 1 atom stereocenters. The smallest absolute Gasteiger partial charge is 0.237 e. The highest BCUT2D eigenvalue weighted by Crippen LogP contribution is 2.03. The van der Waals surface area contributed by atoms with E-state index < -0.39 is 6.04 Å². The molecule has 0 saturated heterocycles. The van der Waals surface area contributed by atoms with Crippen LogP contribution in [0.15, 0.2) is 40.9 Å². The van der Waals surface area contributed by atoms with Crippen LogP contribution in [0.3, 0.4) is 0 Å². The number of rotatable bonds is 5. The van der Waals surface area contributed by atoms with Gasteiger partial charge < -0.3 is 15.6 Å². The zero-order valence-electron chi connectivity index (χ0n) is 11.2. The van der Waals surface area contributed by atoms with E-state index in [-0.39, 0.29) is 18.3 Å². The summed E-state index contributed by atoms with van der Waals surface area (Å²) in [6, 6.07) is 10.9. The molecule has 0 fully saturated rings. The van der Waals surface area contributed by atoms with Gasteiger partial charge in [-0.15, -0.1) is 12.4 Å². The Bertz CT molecular complexity index is 542. The topological polar surface area (TPSA) is 81.2 Å². The number of hydrogen-bond donors (Lipinski definition) is 2. The number of aromatic nitrogens is 1. The molecule has 1 aromatic carbocycles. The molecule has 0 saturated carbocycles. The van der Waals surface area contributed by atoms with Crippen molar-refractivity contribution in [2.45, 2.75) is 25.9 Å². The molecule has 0 radical (unpaired) electrons. The van der Waals surface area contributed by atoms with Gasteiger partial charge in [-0.1, -0.05) is 35.5 Å². The van der Waals surface area contributed by atoms with Gasteiger partial charge in [0.15, 0.2) is 5.76 Å². The van der Waals surface area contributed by atoms with Gasteiger partial charge in [0.2, 0.25) is 5.91 Å². The van der Waals surface area contributed by atoms with E-state index in [0.717, 1.165) is 11.3 Å². The third kappa shape index (κ3) is 4.68. The number of carbonyl (C=O) groups excluding carboxylic acids is 1. The number of aryl methyl sites for hydroxylation is 1. The maximum atomic E-state index is 11.8. The monoisotopic (exact) mass is 295 g/mol. The Morgan fingerprint density at radius 1 is 1.40 bits per heavy atom. The second-order valence-corrected chi connectivity index (χ2v) is 4.45. The Labute approximate surface area is 123 Å². The summed E-state index contributed by atoms with van der Waals surface area (Å²) in [5.41, 5.74) is 7.69. The van der Waals surface area contributed by atoms with Crippen molar-refractivity contribution in [3.63, 3.8) is 0 Å². The summed E-state index contributed by atoms with van der Waals surface area (Å²) in [5, 5.41) is 6.48. The second-order valence-electron chi connectivity index (χ2n) is 4.45. The van der Waals surface area contributed by atoms with Crippen molar-refractivity contribution in [1.82, 2.24) is 10.5 Å². The minimum atomic E-state index is -0.564. The van der Waals surface area contributed by atoms with Gasteiger partial charge in [0, 0.05) is 6.07 Å². The van der Waals surface area contributed by atoms with Crippen LogP contribution in [0.25, 0.3) is 0 Å². The van der Waals surface area contributed by atoms with Crippen molar-refractivity contribution < 1.29 is 9.32 Å². The first kappa shape index (κ1) is 16.2. The summed E-state index contributed by atoms with van der Waals surface area (Å²) >= 11 is 0. The van der Waals surface area contributed by atoms with Crippen molar-refractivity contribution >= 4 is 18.3 Å². The molecule has 108 valence electrons. The molecular weight excluding hydrogens is 278 g/mol. The molecule has 1 aromatic heterocycles. The molecule has 2 rings (SSSR count). The average Bonchev–Trinajstić information content (AvgIpc) is 2.83. The quantitative estimate of drug-likeness (QED) is 0.878. The summed E-state index contributed by atoms with van der Waals surface area (Å²) in [6.07, 6.45) is 0.516. The van der Waals surface area contributed by atoms with Crippen LogP contribution in [0.4, 0.5) is 0 Å². The first-order chi connectivity index (χ1) is 9.15. The molecule has 0 aliphatic heterocycles. The standard InChI is InChI=1S/C14H17N3O2.ClH/c1-10-7-12(19-17-10)9-16-14(18)13(15)8-11-5-3-2-4-6-11;/h2-7,13H,8-9,15H2,1H3,(H,16,18);1H. The predicted molar refractivity (Wildman–Crippen MR) is 78.5 cm³/mol. The van der Waals surface area contributed by atoms with Crippen LogP contribution in [-0.4, -0.2) is 17.1 Å². The highest BCUT2D eigenvalue weighted by atomic mass is 35.5. The van der Waals surface area contributed by atoms with Crippen molar-refractivity contribution in [3.05, 3.63) is 53.4 Å². The summed E-state index contributed by atoms with van der Waals surface area (Å²) in [4.78, 5) is 11.8. The van der Waals surface area contributed by atoms with Crippen LogP contribution < -0.4 is 11.1 Å². The predicted octanol–water partition coefficient (Wildman–Crippen LogP) is 1.59. The summed E-state index contributed by atoms with van der Waals surface area (Å²) in [5.74, 6) is 0.427. The third-order valence-corrected chi connectivity index (χ3v) is 2.75. The first-order valence-electron chi connectivity index (χ1n) is 6.14. The van der Waals surface area contributed by atoms with E-state index in [0.29, 0.717) is 18.7 Å². The molecule has 0 aliphatic carbocycles. The first-order valence-corrected chi connectivity index (χ1v) is 6.14. The number of nitrogens with zero attached hydrogens (tertiary/aromatic N) is 1. The number of halogens is 1. The molecule has 2 aromatic rings. The Kier molecular flexibility index (Phi) is 6.21. The average molecular weight is 296 g/mol. The largest absolute Gasteiger partial charge is 0.359 e. The second kappa shape index (κ2) is 7.67. The fourth-order valence-corrected chi connectivity index (χ4v) is 1.77. The number of carbonyl (C=O) groups is 1. The zero-order valence-corrected chi connectivity index (χ0v) is 12.0. The number of amides is 1. The summed E-state index contributed by atoms with van der Waals surface area (Å²) in [7, 11) is 0. The molecule has 1 heterocycles. The Balaban J connectivity index is 0.00000200. The molecule has 3 N–H and O–H groups in total. The van der Waals surface area contributed by atoms with E-state index in [1.165, 1.54) is 0 Å². The van der Waals surface area contributed by atoms with Crippen molar-refractivity contribution in [2.75, 3.05) is 0 Å². The number of nitrogens with one attached hydrogen (secondary N) is 1. The molecule has 20 heavy (non-hydrogen) atoms. The lowest BCUT2D eigenvalue weighted by atomic mass is 10.1. The Morgan fingerprint density at radius 2 is 2.10 bits per heavy atom. The number of nitrogens with two attached hydrogens (primary N) is 1. The Morgan fingerprint density at radius 3 is 2.70 bits per heavy atom. The minimum absolute atomic E-state index is 0. The van der Waals surface area contributed by atoms with E-state index in [9.17, 15) is 4.79 Å². The minimum Gasteiger partial charge on any atom is -0.359 e. The lowest BCUT2D eigenvalue weighted by molar-refractivity contribution is -0.122. The molecule has 1 unspecified atom stereocenters. The van der Waals surface area contributed by atoms with Crippen LogP contribution in [0.5, 0.6) is 0 Å². The van der Waals surface area contributed by atoms with Crippen LogP contribution in [0, 0.1) is 6.92 Å². The molecule has 6 heteroatoms. The summed E-state index contributed by atoms with van der Waals surface area (Å²) < 4.78 is 5.01. The van der Waals surface area contributed by atoms with Gasteiger partial charge in [-0.3, -0.25) is 4.79 Å².